The normalized spacial score (nSPS) is 17.2. The van der Waals surface area contributed by atoms with Gasteiger partial charge in [-0.1, -0.05) is 36.4 Å². The van der Waals surface area contributed by atoms with Crippen LogP contribution in [0.15, 0.2) is 60.9 Å². The van der Waals surface area contributed by atoms with Crippen molar-refractivity contribution < 1.29 is 48.9 Å². The average molecular weight is 875 g/mol. The second kappa shape index (κ2) is 22.1. The molecule has 0 bridgehead atoms. The van der Waals surface area contributed by atoms with Gasteiger partial charge in [0.25, 0.3) is 0 Å². The summed E-state index contributed by atoms with van der Waals surface area (Å²) in [6.45, 7) is 2.46. The Balaban J connectivity index is 1.46. The van der Waals surface area contributed by atoms with Gasteiger partial charge in [0.05, 0.1) is 18.8 Å². The smallest absolute Gasteiger partial charge is 0.328 e. The summed E-state index contributed by atoms with van der Waals surface area (Å²) < 4.78 is 0. The van der Waals surface area contributed by atoms with E-state index in [9.17, 15) is 48.9 Å². The van der Waals surface area contributed by atoms with Crippen molar-refractivity contribution in [2.45, 2.75) is 107 Å². The maximum absolute atomic E-state index is 14.6. The van der Waals surface area contributed by atoms with Crippen molar-refractivity contribution in [1.29, 1.82) is 0 Å². The van der Waals surface area contributed by atoms with E-state index in [0.29, 0.717) is 36.8 Å². The Morgan fingerprint density at radius 2 is 1.25 bits per heavy atom. The minimum Gasteiger partial charge on any atom is -0.480 e. The number of carbonyl (C=O) groups is 7. The molecule has 1 saturated heterocycles. The summed E-state index contributed by atoms with van der Waals surface area (Å²) in [5.74, 6) is -6.06. The average Bonchev–Trinajstić information content (AvgIpc) is 4.02. The van der Waals surface area contributed by atoms with Gasteiger partial charge in [-0.05, 0) is 75.8 Å². The number of nitrogens with zero attached hydrogens (tertiary/aromatic N) is 1. The number of aromatic nitrogens is 2. The highest BCUT2D eigenvalue weighted by Crippen LogP contribution is 2.22. The maximum Gasteiger partial charge on any atom is 0.328 e. The molecule has 0 spiro atoms. The van der Waals surface area contributed by atoms with Crippen molar-refractivity contribution in [3.63, 3.8) is 0 Å². The lowest BCUT2D eigenvalue weighted by Gasteiger charge is -2.29. The highest BCUT2D eigenvalue weighted by atomic mass is 16.4. The topological polar surface area (TPSA) is 327 Å². The van der Waals surface area contributed by atoms with Gasteiger partial charge in [-0.25, -0.2) is 4.79 Å². The number of carboxylic acids is 1. The Morgan fingerprint density at radius 1 is 0.746 bits per heavy atom. The number of nitrogens with two attached hydrogens (primary N) is 2. The Kier molecular flexibility index (Phi) is 16.8. The minimum absolute atomic E-state index is 0.0457. The molecule has 14 N–H and O–H groups in total. The minimum atomic E-state index is -1.65. The van der Waals surface area contributed by atoms with Crippen molar-refractivity contribution >= 4 is 63.2 Å². The zero-order chi connectivity index (χ0) is 45.8. The Bertz CT molecular complexity index is 2260. The molecule has 0 unspecified atom stereocenters. The summed E-state index contributed by atoms with van der Waals surface area (Å²) in [7, 11) is 0. The number of likely N-dealkylation sites (tertiary alicyclic amines) is 1. The fraction of sp³-hybridized carbons (Fsp3) is 0.465. The Morgan fingerprint density at radius 3 is 1.76 bits per heavy atom. The molecule has 63 heavy (non-hydrogen) atoms. The molecule has 2 aromatic carbocycles. The number of unbranched alkanes of at least 4 members (excludes halogenated alkanes) is 1. The Labute approximate surface area is 363 Å². The molecule has 1 aliphatic heterocycles. The SMILES string of the molecule is C[C@H](N)C(=O)N1CCC[C@H]1C(=O)N[C@H](C(=O)N[C@@H](Cc1c[nH]c2ccccc12)C(=O)N[C@@H](Cc1c[nH]c2ccccc12)C(=O)N[C@@H](CCCCN)C(=O)N[C@@H](CO)C(=O)O)[C@@H](C)O. The number of aliphatic hydroxyl groups is 2. The molecule has 8 atom stereocenters. The van der Waals surface area contributed by atoms with E-state index in [1.54, 1.807) is 24.5 Å². The summed E-state index contributed by atoms with van der Waals surface area (Å²) in [4.78, 5) is 102. The number of benzene rings is 2. The monoisotopic (exact) mass is 874 g/mol. The van der Waals surface area contributed by atoms with Crippen molar-refractivity contribution in [2.75, 3.05) is 19.7 Å². The number of hydrogen-bond donors (Lipinski definition) is 12. The van der Waals surface area contributed by atoms with E-state index in [1.165, 1.54) is 18.7 Å². The van der Waals surface area contributed by atoms with Gasteiger partial charge >= 0.3 is 5.97 Å². The lowest BCUT2D eigenvalue weighted by molar-refractivity contribution is -0.143. The molecule has 6 amide bonds. The van der Waals surface area contributed by atoms with E-state index in [4.69, 9.17) is 11.5 Å². The molecule has 2 aromatic heterocycles. The van der Waals surface area contributed by atoms with Crippen LogP contribution in [0.3, 0.4) is 0 Å². The lowest BCUT2D eigenvalue weighted by atomic mass is 10.0. The summed E-state index contributed by atoms with van der Waals surface area (Å²) >= 11 is 0. The molecule has 0 radical (unpaired) electrons. The van der Waals surface area contributed by atoms with Crippen LogP contribution in [-0.4, -0.2) is 140 Å². The predicted molar refractivity (Wildman–Crippen MR) is 231 cm³/mol. The third-order valence-electron chi connectivity index (χ3n) is 11.1. The predicted octanol–water partition coefficient (Wildman–Crippen LogP) is -1.22. The van der Waals surface area contributed by atoms with Crippen LogP contribution in [0, 0.1) is 0 Å². The molecular weight excluding hydrogens is 817 g/mol. The molecule has 1 aliphatic rings. The molecule has 0 saturated carbocycles. The van der Waals surface area contributed by atoms with E-state index in [1.807, 2.05) is 36.4 Å². The van der Waals surface area contributed by atoms with E-state index in [-0.39, 0.29) is 32.4 Å². The van der Waals surface area contributed by atoms with Crippen molar-refractivity contribution in [3.05, 3.63) is 72.1 Å². The van der Waals surface area contributed by atoms with Crippen molar-refractivity contribution in [1.82, 2.24) is 41.5 Å². The number of carboxylic acid groups (broad SMARTS) is 1. The number of aliphatic carboxylic acids is 1. The fourth-order valence-corrected chi connectivity index (χ4v) is 7.70. The third kappa shape index (κ3) is 12.2. The number of hydrogen-bond acceptors (Lipinski definition) is 11. The van der Waals surface area contributed by atoms with E-state index < -0.39 is 96.4 Å². The van der Waals surface area contributed by atoms with E-state index in [2.05, 4.69) is 36.6 Å². The van der Waals surface area contributed by atoms with Crippen LogP contribution >= 0.6 is 0 Å². The van der Waals surface area contributed by atoms with Crippen molar-refractivity contribution in [2.24, 2.45) is 11.5 Å². The molecule has 340 valence electrons. The largest absolute Gasteiger partial charge is 0.480 e. The van der Waals surface area contributed by atoms with Crippen LogP contribution in [0.4, 0.5) is 0 Å². The van der Waals surface area contributed by atoms with Crippen LogP contribution in [0.1, 0.15) is 57.1 Å². The molecule has 3 heterocycles. The van der Waals surface area contributed by atoms with Gasteiger partial charge in [-0.3, -0.25) is 28.8 Å². The van der Waals surface area contributed by atoms with Gasteiger partial charge in [-0.15, -0.1) is 0 Å². The van der Waals surface area contributed by atoms with Gasteiger partial charge < -0.3 is 68.2 Å². The number of carbonyl (C=O) groups excluding carboxylic acids is 6. The maximum atomic E-state index is 14.6. The second-order valence-corrected chi connectivity index (χ2v) is 15.9. The van der Waals surface area contributed by atoms with Gasteiger partial charge in [0.2, 0.25) is 35.4 Å². The summed E-state index contributed by atoms with van der Waals surface area (Å²) in [6, 6.07) is 5.42. The molecular formula is C43H58N10O10. The number of aromatic amines is 2. The quantitative estimate of drug-likeness (QED) is 0.0414. The standard InChI is InChI=1S/C43H58N10O10/c1-23(45)42(61)53-17-9-15-35(53)40(59)52-36(24(2)55)41(60)50-33(19-26-21-47-30-13-6-4-11-28(26)30)39(58)49-32(18-25-20-46-29-12-5-3-10-27(25)29)38(57)48-31(14-7-8-16-44)37(56)51-34(22-54)43(62)63/h3-6,10-13,20-21,23-24,31-36,46-47,54-55H,7-9,14-19,22,44-45H2,1-2H3,(H,48,57)(H,49,58)(H,50,60)(H,51,56)(H,52,59)(H,62,63)/t23-,24+,31-,32-,33-,34-,35-,36-/m0/s1. The van der Waals surface area contributed by atoms with Crippen LogP contribution in [-0.2, 0) is 46.4 Å². The number of H-pyrrole nitrogens is 2. The van der Waals surface area contributed by atoms with Crippen molar-refractivity contribution in [3.8, 4) is 0 Å². The molecule has 4 aromatic rings. The van der Waals surface area contributed by atoms with Crippen LogP contribution in [0.25, 0.3) is 21.8 Å². The molecule has 20 heteroatoms. The number of para-hydroxylation sites is 2. The van der Waals surface area contributed by atoms with Gasteiger partial charge in [0, 0.05) is 53.6 Å². The van der Waals surface area contributed by atoms with Gasteiger partial charge in [0.15, 0.2) is 0 Å². The third-order valence-corrected chi connectivity index (χ3v) is 11.1. The highest BCUT2D eigenvalue weighted by molar-refractivity contribution is 5.98. The fourth-order valence-electron chi connectivity index (χ4n) is 7.70. The number of rotatable bonds is 22. The second-order valence-electron chi connectivity index (χ2n) is 15.9. The van der Waals surface area contributed by atoms with E-state index in [0.717, 1.165) is 21.8 Å². The molecule has 20 nitrogen and oxygen atoms in total. The van der Waals surface area contributed by atoms with Crippen LogP contribution in [0.5, 0.6) is 0 Å². The number of fused-ring (bicyclic) bond motifs is 2. The number of aliphatic hydroxyl groups excluding tert-OH is 2. The zero-order valence-electron chi connectivity index (χ0n) is 35.3. The first-order chi connectivity index (χ1) is 30.1. The van der Waals surface area contributed by atoms with Gasteiger partial charge in [0.1, 0.15) is 36.3 Å². The molecule has 5 rings (SSSR count). The first kappa shape index (κ1) is 47.7. The zero-order valence-corrected chi connectivity index (χ0v) is 35.3. The number of amides is 6. The number of nitrogens with one attached hydrogen (secondary N) is 7. The molecule has 0 aliphatic carbocycles. The van der Waals surface area contributed by atoms with Gasteiger partial charge in [-0.2, -0.15) is 0 Å². The molecule has 1 fully saturated rings. The first-order valence-electron chi connectivity index (χ1n) is 21.0. The summed E-state index contributed by atoms with van der Waals surface area (Å²) in [5, 5.41) is 44.3. The first-order valence-corrected chi connectivity index (χ1v) is 21.0. The summed E-state index contributed by atoms with van der Waals surface area (Å²) in [5.41, 5.74) is 14.2. The van der Waals surface area contributed by atoms with Crippen LogP contribution in [0.2, 0.25) is 0 Å². The van der Waals surface area contributed by atoms with E-state index >= 15 is 0 Å². The lowest BCUT2D eigenvalue weighted by Crippen LogP contribution is -2.61. The van der Waals surface area contributed by atoms with Crippen LogP contribution < -0.4 is 38.1 Å². The Hall–Kier alpha value is -6.35. The highest BCUT2D eigenvalue weighted by Gasteiger charge is 2.39. The summed E-state index contributed by atoms with van der Waals surface area (Å²) in [6.07, 6.45) is 3.38.